The molecule has 6 aromatic carbocycles. The number of aromatic carboxylic acids is 1. The number of amides is 3. The number of piperazine rings is 2. The van der Waals surface area contributed by atoms with Gasteiger partial charge < -0.3 is 66.2 Å². The van der Waals surface area contributed by atoms with Gasteiger partial charge in [0, 0.05) is 134 Å². The molecule has 0 bridgehead atoms. The molecule has 2 saturated heterocycles. The summed E-state index contributed by atoms with van der Waals surface area (Å²) in [6.45, 7) is 12.1. The van der Waals surface area contributed by atoms with Crippen molar-refractivity contribution < 1.29 is 24.3 Å². The van der Waals surface area contributed by atoms with Gasteiger partial charge in [0.25, 0.3) is 17.7 Å². The van der Waals surface area contributed by atoms with Crippen LogP contribution in [0.1, 0.15) is 52.8 Å². The van der Waals surface area contributed by atoms with Crippen molar-refractivity contribution in [1.82, 2.24) is 38.9 Å². The maximum Gasteiger partial charge on any atom is 0.352 e. The number of hydrogen-bond donors (Lipinski definition) is 7. The van der Waals surface area contributed by atoms with Crippen molar-refractivity contribution in [2.24, 2.45) is 14.1 Å². The van der Waals surface area contributed by atoms with Crippen molar-refractivity contribution >= 4 is 103 Å². The zero-order chi connectivity index (χ0) is 61.1. The number of para-hydroxylation sites is 2. The molecule has 8 N–H and O–H groups in total. The molecule has 0 atom stereocenters. The Hall–Kier alpha value is -10.6. The van der Waals surface area contributed by atoms with Crippen molar-refractivity contribution in [2.45, 2.75) is 13.8 Å². The van der Waals surface area contributed by atoms with E-state index in [1.165, 1.54) is 11.4 Å². The summed E-state index contributed by atoms with van der Waals surface area (Å²) in [5, 5.41) is 25.8. The lowest BCUT2D eigenvalue weighted by molar-refractivity contribution is 0.0686. The Bertz CT molecular complexity index is 4060. The summed E-state index contributed by atoms with van der Waals surface area (Å²) in [7, 11) is 7.92. The lowest BCUT2D eigenvalue weighted by Crippen LogP contribution is -2.44. The Labute approximate surface area is 504 Å². The number of nitrogens with zero attached hydrogens (tertiary/aromatic N) is 10. The van der Waals surface area contributed by atoms with E-state index in [9.17, 15) is 19.2 Å². The van der Waals surface area contributed by atoms with Crippen molar-refractivity contribution in [3.63, 3.8) is 0 Å². The van der Waals surface area contributed by atoms with E-state index in [4.69, 9.17) is 10.8 Å². The minimum Gasteiger partial charge on any atom is -0.477 e. The van der Waals surface area contributed by atoms with Gasteiger partial charge in [-0.1, -0.05) is 48.5 Å². The van der Waals surface area contributed by atoms with E-state index in [1.807, 2.05) is 116 Å². The van der Waals surface area contributed by atoms with Crippen LogP contribution < -0.4 is 42.1 Å². The molecular formula is C66H70N16O5. The number of carbonyl (C=O) groups is 4. The monoisotopic (exact) mass is 1170 g/mol. The lowest BCUT2D eigenvalue weighted by Gasteiger charge is -2.34. The van der Waals surface area contributed by atoms with Gasteiger partial charge in [0.2, 0.25) is 11.9 Å². The number of aromatic nitrogens is 6. The predicted octanol–water partition coefficient (Wildman–Crippen LogP) is 10.3. The molecule has 2 aliphatic rings. The SMILES string of the molecule is Cc1ccc(N)cc1C(=O)Nc1cnc(Nc2ccc(N3CCN(C)CC3)cc2)nc1.Cc1ccc(NC(=O)c2cc3ccccc3n2C)cc1C(=O)Nc1cnc(Nc2ccc(N3CCN(C)CC3)cc2)nc1.Cn1c(C(=O)O)cc2ccccc21. The molecule has 0 unspecified atom stereocenters. The average molecular weight is 1170 g/mol. The van der Waals surface area contributed by atoms with E-state index in [1.54, 1.807) is 66.7 Å². The van der Waals surface area contributed by atoms with Crippen molar-refractivity contribution in [1.29, 1.82) is 0 Å². The molecule has 21 nitrogen and oxygen atoms in total. The van der Waals surface area contributed by atoms with E-state index in [2.05, 4.69) is 104 Å². The summed E-state index contributed by atoms with van der Waals surface area (Å²) in [5.74, 6) is -0.807. The van der Waals surface area contributed by atoms with Crippen molar-refractivity contribution in [3.05, 3.63) is 204 Å². The molecular weight excluding hydrogens is 1100 g/mol. The van der Waals surface area contributed by atoms with Crippen LogP contribution >= 0.6 is 0 Å². The van der Waals surface area contributed by atoms with Crippen LogP contribution in [-0.4, -0.2) is 134 Å². The number of carbonyl (C=O) groups excluding carboxylic acids is 3. The Morgan fingerprint density at radius 3 is 1.28 bits per heavy atom. The highest BCUT2D eigenvalue weighted by atomic mass is 16.4. The average Bonchev–Trinajstić information content (AvgIpc) is 4.05. The number of carboxylic acids is 1. The number of anilines is 10. The summed E-state index contributed by atoms with van der Waals surface area (Å²) < 4.78 is 3.53. The molecule has 0 radical (unpaired) electrons. The zero-order valence-electron chi connectivity index (χ0n) is 49.5. The number of benzene rings is 6. The number of nitrogens with two attached hydrogens (primary N) is 1. The van der Waals surface area contributed by atoms with Gasteiger partial charge in [-0.15, -0.1) is 0 Å². The van der Waals surface area contributed by atoms with E-state index in [-0.39, 0.29) is 17.7 Å². The molecule has 0 aliphatic carbocycles. The van der Waals surface area contributed by atoms with E-state index < -0.39 is 5.97 Å². The summed E-state index contributed by atoms with van der Waals surface area (Å²) >= 11 is 0. The highest BCUT2D eigenvalue weighted by molar-refractivity contribution is 6.09. The Morgan fingerprint density at radius 2 is 0.828 bits per heavy atom. The smallest absolute Gasteiger partial charge is 0.352 e. The Kier molecular flexibility index (Phi) is 18.4. The first-order valence-corrected chi connectivity index (χ1v) is 28.5. The molecule has 2 aliphatic heterocycles. The van der Waals surface area contributed by atoms with E-state index >= 15 is 0 Å². The molecule has 12 rings (SSSR count). The van der Waals surface area contributed by atoms with Crippen LogP contribution in [0.15, 0.2) is 170 Å². The van der Waals surface area contributed by atoms with E-state index in [0.717, 1.165) is 96.7 Å². The second-order valence-corrected chi connectivity index (χ2v) is 21.6. The number of fused-ring (bicyclic) bond motifs is 2. The minimum atomic E-state index is -0.890. The summed E-state index contributed by atoms with van der Waals surface area (Å²) in [5.41, 5.74) is 17.4. The van der Waals surface area contributed by atoms with Gasteiger partial charge >= 0.3 is 5.97 Å². The molecule has 0 spiro atoms. The second-order valence-electron chi connectivity index (χ2n) is 21.6. The van der Waals surface area contributed by atoms with Crippen LogP contribution in [0.5, 0.6) is 0 Å². The van der Waals surface area contributed by atoms with Crippen molar-refractivity contribution in [2.75, 3.05) is 109 Å². The van der Waals surface area contributed by atoms with Crippen LogP contribution in [0, 0.1) is 13.8 Å². The number of carboxylic acid groups (broad SMARTS) is 1. The largest absolute Gasteiger partial charge is 0.477 e. The third kappa shape index (κ3) is 14.8. The quantitative estimate of drug-likeness (QED) is 0.0531. The van der Waals surface area contributed by atoms with Crippen LogP contribution in [0.25, 0.3) is 21.8 Å². The minimum absolute atomic E-state index is 0.242. The molecule has 87 heavy (non-hydrogen) atoms. The third-order valence-electron chi connectivity index (χ3n) is 15.4. The molecule has 4 aromatic heterocycles. The number of aryl methyl sites for hydroxylation is 4. The molecule has 444 valence electrons. The fraction of sp³-hybridized carbons (Fsp3) is 0.212. The summed E-state index contributed by atoms with van der Waals surface area (Å²) in [6.07, 6.45) is 6.28. The van der Waals surface area contributed by atoms with E-state index in [0.29, 0.717) is 57.2 Å². The topological polar surface area (TPSA) is 249 Å². The van der Waals surface area contributed by atoms with Gasteiger partial charge in [-0.05, 0) is 136 Å². The number of nitrogens with one attached hydrogen (secondary N) is 5. The van der Waals surface area contributed by atoms with Gasteiger partial charge in [0.05, 0.1) is 36.2 Å². The molecule has 6 heterocycles. The number of hydrogen-bond acceptors (Lipinski definition) is 15. The highest BCUT2D eigenvalue weighted by Gasteiger charge is 2.19. The molecule has 21 heteroatoms. The molecule has 0 saturated carbocycles. The van der Waals surface area contributed by atoms with Crippen LogP contribution in [0.4, 0.5) is 57.4 Å². The first-order valence-electron chi connectivity index (χ1n) is 28.5. The Morgan fingerprint density at radius 1 is 0.437 bits per heavy atom. The van der Waals surface area contributed by atoms with Crippen LogP contribution in [0.2, 0.25) is 0 Å². The fourth-order valence-electron chi connectivity index (χ4n) is 10.2. The zero-order valence-corrected chi connectivity index (χ0v) is 49.5. The third-order valence-corrected chi connectivity index (χ3v) is 15.4. The lowest BCUT2D eigenvalue weighted by atomic mass is 10.1. The normalized spacial score (nSPS) is 13.4. The molecule has 2 fully saturated rings. The number of nitrogen functional groups attached to an aromatic ring is 1. The van der Waals surface area contributed by atoms with Crippen LogP contribution in [-0.2, 0) is 14.1 Å². The number of likely N-dealkylation sites (N-methyl/N-ethyl adjacent to an activating group) is 2. The molecule has 10 aromatic rings. The first-order chi connectivity index (χ1) is 42.0. The summed E-state index contributed by atoms with van der Waals surface area (Å²) in [4.78, 5) is 76.3. The predicted molar refractivity (Wildman–Crippen MR) is 346 cm³/mol. The van der Waals surface area contributed by atoms with Gasteiger partial charge in [0.15, 0.2) is 0 Å². The fourth-order valence-corrected chi connectivity index (χ4v) is 10.2. The second kappa shape index (κ2) is 26.9. The van der Waals surface area contributed by atoms with Crippen LogP contribution in [0.3, 0.4) is 0 Å². The Balaban J connectivity index is 0.000000165. The van der Waals surface area contributed by atoms with Gasteiger partial charge in [-0.3, -0.25) is 14.4 Å². The number of rotatable bonds is 13. The first kappa shape index (κ1) is 59.5. The van der Waals surface area contributed by atoms with Gasteiger partial charge in [-0.25, -0.2) is 24.7 Å². The van der Waals surface area contributed by atoms with Gasteiger partial charge in [0.1, 0.15) is 11.4 Å². The maximum absolute atomic E-state index is 13.2. The highest BCUT2D eigenvalue weighted by Crippen LogP contribution is 2.26. The summed E-state index contributed by atoms with van der Waals surface area (Å²) in [6, 6.07) is 46.0. The maximum atomic E-state index is 13.2. The standard InChI is InChI=1S/C33H34N8O2.C23H27N7O.C10H9NO2/c1-22-8-9-25(36-32(43)30-18-23-6-4-5-7-29(23)40(30)3)19-28(22)31(42)37-26-20-34-33(35-21-26)38-24-10-12-27(13-11-24)41-16-14-39(2)15-17-41;1-16-3-4-17(24)13-21(16)22(31)27-19-14-25-23(26-15-19)28-18-5-7-20(8-6-18)30-11-9-29(2)10-12-30;1-11-8-5-3-2-4-7(8)6-9(11)10(12)13/h4-13,18-21H,14-17H2,1-3H3,(H,36,43)(H,37,42)(H,34,35,38);3-8,13-15H,9-12,24H2,1-2H3,(H,27,31)(H,25,26,28);2-6H,1H3,(H,12,13). The molecule has 3 amide bonds. The van der Waals surface area contributed by atoms with Crippen molar-refractivity contribution in [3.8, 4) is 0 Å². The van der Waals surface area contributed by atoms with Gasteiger partial charge in [-0.2, -0.15) is 0 Å².